The van der Waals surface area contributed by atoms with Crippen LogP contribution in [0.15, 0.2) is 30.3 Å². The maximum absolute atomic E-state index is 10.9. The van der Waals surface area contributed by atoms with E-state index in [4.69, 9.17) is 5.11 Å². The van der Waals surface area contributed by atoms with Crippen molar-refractivity contribution in [3.05, 3.63) is 35.9 Å². The minimum absolute atomic E-state index is 0.0214. The Kier molecular flexibility index (Phi) is 3.58. The average Bonchev–Trinajstić information content (AvgIpc) is 2.16. The number of phenolic OH excluding ortho intramolecular Hbond substituents is 1. The van der Waals surface area contributed by atoms with E-state index in [1.807, 2.05) is 0 Å². The summed E-state index contributed by atoms with van der Waals surface area (Å²) >= 11 is 1.17. The molecule has 0 aliphatic carbocycles. The lowest BCUT2D eigenvalue weighted by Gasteiger charge is -1.92. The van der Waals surface area contributed by atoms with Crippen molar-refractivity contribution >= 4 is 23.0 Å². The summed E-state index contributed by atoms with van der Waals surface area (Å²) in [6.07, 6.45) is 4.97. The molecule has 0 saturated heterocycles. The van der Waals surface area contributed by atoms with E-state index in [0.717, 1.165) is 5.56 Å². The lowest BCUT2D eigenvalue weighted by atomic mass is 10.2. The molecule has 0 aromatic heterocycles. The Labute approximate surface area is 81.3 Å². The minimum Gasteiger partial charge on any atom is -0.508 e. The summed E-state index contributed by atoms with van der Waals surface area (Å²) in [4.78, 5) is 10.9. The van der Waals surface area contributed by atoms with Gasteiger partial charge in [-0.2, -0.15) is 0 Å². The molecule has 2 nitrogen and oxygen atoms in total. The van der Waals surface area contributed by atoms with Crippen LogP contribution in [0.5, 0.6) is 5.75 Å². The van der Waals surface area contributed by atoms with Crippen molar-refractivity contribution in [2.24, 2.45) is 0 Å². The predicted octanol–water partition coefficient (Wildman–Crippen LogP) is 2.29. The molecule has 3 heteroatoms. The Morgan fingerprint density at radius 1 is 1.38 bits per heavy atom. The number of hydrogen-bond acceptors (Lipinski definition) is 3. The van der Waals surface area contributed by atoms with Crippen LogP contribution in [0.3, 0.4) is 0 Å². The fourth-order valence-corrected chi connectivity index (χ4v) is 1.02. The molecule has 1 aromatic rings. The van der Waals surface area contributed by atoms with Crippen LogP contribution in [0, 0.1) is 0 Å². The number of aromatic hydroxyl groups is 1. The molecule has 1 N–H and O–H groups in total. The highest BCUT2D eigenvalue weighted by molar-refractivity contribution is 8.13. The van der Waals surface area contributed by atoms with Gasteiger partial charge in [0.2, 0.25) is 5.12 Å². The van der Waals surface area contributed by atoms with Crippen molar-refractivity contribution < 1.29 is 9.90 Å². The van der Waals surface area contributed by atoms with Gasteiger partial charge in [0, 0.05) is 0 Å². The van der Waals surface area contributed by atoms with E-state index in [0.29, 0.717) is 0 Å². The molecule has 0 aliphatic heterocycles. The maximum Gasteiger partial charge on any atom is 0.211 e. The summed E-state index contributed by atoms with van der Waals surface area (Å²) < 4.78 is 0. The summed E-state index contributed by atoms with van der Waals surface area (Å²) in [7, 11) is 0. The fraction of sp³-hybridized carbons (Fsp3) is 0.100. The number of hydrogen-bond donors (Lipinski definition) is 1. The van der Waals surface area contributed by atoms with Gasteiger partial charge < -0.3 is 5.11 Å². The Morgan fingerprint density at radius 2 is 2.00 bits per heavy atom. The molecule has 68 valence electrons. The third-order valence-electron chi connectivity index (χ3n) is 1.51. The number of carbonyl (C=O) groups excluding carboxylic acids is 1. The third-order valence-corrected chi connectivity index (χ3v) is 2.04. The van der Waals surface area contributed by atoms with Crippen LogP contribution in [0.1, 0.15) is 5.56 Å². The summed E-state index contributed by atoms with van der Waals surface area (Å²) in [5.41, 5.74) is 0.903. The highest BCUT2D eigenvalue weighted by Crippen LogP contribution is 2.11. The largest absolute Gasteiger partial charge is 0.508 e. The van der Waals surface area contributed by atoms with Crippen molar-refractivity contribution in [2.75, 3.05) is 6.26 Å². The van der Waals surface area contributed by atoms with Gasteiger partial charge in [0.05, 0.1) is 0 Å². The van der Waals surface area contributed by atoms with Crippen LogP contribution >= 0.6 is 11.8 Å². The molecule has 0 heterocycles. The van der Waals surface area contributed by atoms with E-state index >= 15 is 0 Å². The Bertz CT molecular complexity index is 314. The summed E-state index contributed by atoms with van der Waals surface area (Å²) in [6.45, 7) is 0. The smallest absolute Gasteiger partial charge is 0.211 e. The SMILES string of the molecule is CSC(=O)/C=C/c1ccc(O)cc1. The van der Waals surface area contributed by atoms with E-state index in [1.54, 1.807) is 36.6 Å². The standard InChI is InChI=1S/C10H10O2S/c1-13-10(12)7-4-8-2-5-9(11)6-3-8/h2-7,11H,1H3/b7-4+. The second kappa shape index (κ2) is 4.72. The highest BCUT2D eigenvalue weighted by atomic mass is 32.2. The first-order chi connectivity index (χ1) is 6.22. The molecule has 0 atom stereocenters. The Balaban J connectivity index is 2.69. The quantitative estimate of drug-likeness (QED) is 0.734. The number of thioether (sulfide) groups is 1. The van der Waals surface area contributed by atoms with E-state index in [2.05, 4.69) is 0 Å². The van der Waals surface area contributed by atoms with Crippen molar-refractivity contribution in [3.8, 4) is 5.75 Å². The van der Waals surface area contributed by atoms with Crippen LogP contribution in [-0.4, -0.2) is 16.5 Å². The number of benzene rings is 1. The van der Waals surface area contributed by atoms with Gasteiger partial charge in [0.25, 0.3) is 0 Å². The van der Waals surface area contributed by atoms with Crippen molar-refractivity contribution in [3.63, 3.8) is 0 Å². The van der Waals surface area contributed by atoms with Crippen LogP contribution in [0.25, 0.3) is 6.08 Å². The van der Waals surface area contributed by atoms with Gasteiger partial charge in [-0.05, 0) is 30.0 Å². The molecule has 1 rings (SSSR count). The molecular formula is C10H10O2S. The highest BCUT2D eigenvalue weighted by Gasteiger charge is 1.91. The molecule has 0 amide bonds. The fourth-order valence-electron chi connectivity index (χ4n) is 0.818. The second-order valence-electron chi connectivity index (χ2n) is 2.45. The van der Waals surface area contributed by atoms with Crippen molar-refractivity contribution in [1.29, 1.82) is 0 Å². The molecule has 0 saturated carbocycles. The Morgan fingerprint density at radius 3 is 2.54 bits per heavy atom. The van der Waals surface area contributed by atoms with Crippen LogP contribution in [0.2, 0.25) is 0 Å². The zero-order chi connectivity index (χ0) is 9.68. The molecule has 13 heavy (non-hydrogen) atoms. The topological polar surface area (TPSA) is 37.3 Å². The van der Waals surface area contributed by atoms with Gasteiger partial charge in [0.1, 0.15) is 5.75 Å². The first-order valence-corrected chi connectivity index (χ1v) is 5.00. The lowest BCUT2D eigenvalue weighted by Crippen LogP contribution is -1.80. The lowest BCUT2D eigenvalue weighted by molar-refractivity contribution is -0.106. The zero-order valence-electron chi connectivity index (χ0n) is 7.23. The van der Waals surface area contributed by atoms with E-state index in [1.165, 1.54) is 17.8 Å². The van der Waals surface area contributed by atoms with Gasteiger partial charge in [0.15, 0.2) is 0 Å². The van der Waals surface area contributed by atoms with E-state index < -0.39 is 0 Å². The maximum atomic E-state index is 10.9. The summed E-state index contributed by atoms with van der Waals surface area (Å²) in [6, 6.07) is 6.67. The van der Waals surface area contributed by atoms with Gasteiger partial charge in [-0.1, -0.05) is 30.0 Å². The third kappa shape index (κ3) is 3.34. The number of phenols is 1. The molecule has 0 fully saturated rings. The number of carbonyl (C=O) groups is 1. The molecule has 1 aromatic carbocycles. The van der Waals surface area contributed by atoms with Gasteiger partial charge in [-0.25, -0.2) is 0 Å². The van der Waals surface area contributed by atoms with Gasteiger partial charge in [-0.15, -0.1) is 0 Å². The summed E-state index contributed by atoms with van der Waals surface area (Å²) in [5.74, 6) is 0.230. The first-order valence-electron chi connectivity index (χ1n) is 3.77. The van der Waals surface area contributed by atoms with Crippen molar-refractivity contribution in [1.82, 2.24) is 0 Å². The number of rotatable bonds is 2. The second-order valence-corrected chi connectivity index (χ2v) is 3.26. The van der Waals surface area contributed by atoms with Crippen LogP contribution in [0.4, 0.5) is 0 Å². The molecular weight excluding hydrogens is 184 g/mol. The van der Waals surface area contributed by atoms with Gasteiger partial charge in [-0.3, -0.25) is 4.79 Å². The molecule has 0 spiro atoms. The molecule has 0 radical (unpaired) electrons. The summed E-state index contributed by atoms with van der Waals surface area (Å²) in [5, 5.41) is 9.01. The predicted molar refractivity (Wildman–Crippen MR) is 55.7 cm³/mol. The molecule has 0 unspecified atom stereocenters. The van der Waals surface area contributed by atoms with Crippen LogP contribution in [-0.2, 0) is 4.79 Å². The molecule has 0 aliphatic rings. The van der Waals surface area contributed by atoms with E-state index in [-0.39, 0.29) is 10.9 Å². The normalized spacial score (nSPS) is 10.5. The Hall–Kier alpha value is -1.22. The monoisotopic (exact) mass is 194 g/mol. The zero-order valence-corrected chi connectivity index (χ0v) is 8.04. The average molecular weight is 194 g/mol. The van der Waals surface area contributed by atoms with Gasteiger partial charge >= 0.3 is 0 Å². The van der Waals surface area contributed by atoms with Crippen molar-refractivity contribution in [2.45, 2.75) is 0 Å². The van der Waals surface area contributed by atoms with E-state index in [9.17, 15) is 4.79 Å². The minimum atomic E-state index is 0.0214. The van der Waals surface area contributed by atoms with Crippen LogP contribution < -0.4 is 0 Å². The molecule has 0 bridgehead atoms. The first kappa shape index (κ1) is 9.86.